The number of hydrogen-bond donors (Lipinski definition) is 1. The van der Waals surface area contributed by atoms with Crippen molar-refractivity contribution in [3.8, 4) is 0 Å². The minimum absolute atomic E-state index is 0.0574. The summed E-state index contributed by atoms with van der Waals surface area (Å²) < 4.78 is 19.8. The molecule has 1 aliphatic rings. The van der Waals surface area contributed by atoms with E-state index < -0.39 is 17.8 Å². The molecule has 0 saturated heterocycles. The number of halogens is 1. The van der Waals surface area contributed by atoms with Crippen molar-refractivity contribution in [2.75, 3.05) is 4.90 Å². The van der Waals surface area contributed by atoms with Gasteiger partial charge in [-0.25, -0.2) is 4.39 Å². The van der Waals surface area contributed by atoms with Gasteiger partial charge in [-0.05, 0) is 55.7 Å². The van der Waals surface area contributed by atoms with Crippen molar-refractivity contribution in [2.24, 2.45) is 0 Å². The molecule has 0 aliphatic heterocycles. The van der Waals surface area contributed by atoms with E-state index in [4.69, 9.17) is 4.42 Å². The first-order valence-electron chi connectivity index (χ1n) is 10.4. The maximum atomic E-state index is 14.5. The van der Waals surface area contributed by atoms with Crippen molar-refractivity contribution in [3.05, 3.63) is 83.8 Å². The highest BCUT2D eigenvalue weighted by molar-refractivity contribution is 6.08. The summed E-state index contributed by atoms with van der Waals surface area (Å²) >= 11 is 0. The molecule has 1 N–H and O–H groups in total. The van der Waals surface area contributed by atoms with Crippen LogP contribution in [0.2, 0.25) is 0 Å². The molecule has 1 aliphatic carbocycles. The van der Waals surface area contributed by atoms with E-state index in [1.165, 1.54) is 23.3 Å². The molecule has 2 amide bonds. The van der Waals surface area contributed by atoms with Crippen molar-refractivity contribution >= 4 is 17.5 Å². The number of hydrogen-bond acceptors (Lipinski definition) is 4. The summed E-state index contributed by atoms with van der Waals surface area (Å²) in [5.41, 5.74) is 1.24. The second-order valence-electron chi connectivity index (χ2n) is 7.76. The molecule has 1 fully saturated rings. The number of benzene rings is 1. The number of pyridine rings is 1. The Labute approximate surface area is 180 Å². The first-order valence-corrected chi connectivity index (χ1v) is 10.4. The summed E-state index contributed by atoms with van der Waals surface area (Å²) in [5, 5.41) is 3.07. The molecule has 2 aromatic heterocycles. The van der Waals surface area contributed by atoms with Gasteiger partial charge in [0.15, 0.2) is 5.76 Å². The highest BCUT2D eigenvalue weighted by atomic mass is 19.1. The van der Waals surface area contributed by atoms with E-state index in [9.17, 15) is 14.0 Å². The van der Waals surface area contributed by atoms with Gasteiger partial charge in [-0.2, -0.15) is 0 Å². The molecule has 0 unspecified atom stereocenters. The number of rotatable bonds is 6. The normalized spacial score (nSPS) is 14.9. The van der Waals surface area contributed by atoms with Crippen molar-refractivity contribution in [2.45, 2.75) is 44.7 Å². The second kappa shape index (κ2) is 9.12. The van der Waals surface area contributed by atoms with E-state index >= 15 is 0 Å². The third kappa shape index (κ3) is 4.50. The van der Waals surface area contributed by atoms with Crippen LogP contribution in [0.15, 0.2) is 65.5 Å². The summed E-state index contributed by atoms with van der Waals surface area (Å²) in [7, 11) is 0. The highest BCUT2D eigenvalue weighted by Gasteiger charge is 2.36. The fraction of sp³-hybridized carbons (Fsp3) is 0.292. The van der Waals surface area contributed by atoms with E-state index in [1.54, 1.807) is 49.6 Å². The predicted molar refractivity (Wildman–Crippen MR) is 114 cm³/mol. The zero-order valence-corrected chi connectivity index (χ0v) is 17.3. The Balaban J connectivity index is 1.81. The van der Waals surface area contributed by atoms with Crippen molar-refractivity contribution in [1.29, 1.82) is 0 Å². The van der Waals surface area contributed by atoms with E-state index in [1.807, 2.05) is 0 Å². The van der Waals surface area contributed by atoms with Crippen LogP contribution >= 0.6 is 0 Å². The smallest absolute Gasteiger partial charge is 0.294 e. The third-order valence-electron chi connectivity index (χ3n) is 5.59. The Hall–Kier alpha value is -3.48. The molecule has 3 aromatic rings. The van der Waals surface area contributed by atoms with E-state index in [2.05, 4.69) is 10.3 Å². The summed E-state index contributed by atoms with van der Waals surface area (Å²) in [4.78, 5) is 32.4. The van der Waals surface area contributed by atoms with Gasteiger partial charge in [0.25, 0.3) is 5.91 Å². The van der Waals surface area contributed by atoms with Gasteiger partial charge >= 0.3 is 0 Å². The van der Waals surface area contributed by atoms with Crippen LogP contribution in [0.5, 0.6) is 0 Å². The molecule has 1 atom stereocenters. The van der Waals surface area contributed by atoms with Crippen LogP contribution in [0.1, 0.15) is 53.4 Å². The van der Waals surface area contributed by atoms with Crippen LogP contribution < -0.4 is 10.2 Å². The molecule has 4 rings (SSSR count). The first-order chi connectivity index (χ1) is 15.0. The molecule has 0 spiro atoms. The Morgan fingerprint density at radius 3 is 2.65 bits per heavy atom. The number of anilines is 1. The van der Waals surface area contributed by atoms with Crippen LogP contribution in [0, 0.1) is 12.7 Å². The van der Waals surface area contributed by atoms with Crippen LogP contribution in [-0.2, 0) is 4.79 Å². The topological polar surface area (TPSA) is 75.4 Å². The number of carbonyl (C=O) groups excluding carboxylic acids is 2. The van der Waals surface area contributed by atoms with Gasteiger partial charge in [0.05, 0.1) is 6.26 Å². The minimum Gasteiger partial charge on any atom is -0.459 e. The Bertz CT molecular complexity index is 1050. The van der Waals surface area contributed by atoms with Gasteiger partial charge in [-0.3, -0.25) is 19.5 Å². The van der Waals surface area contributed by atoms with Crippen LogP contribution in [0.4, 0.5) is 10.1 Å². The van der Waals surface area contributed by atoms with Gasteiger partial charge in [-0.15, -0.1) is 0 Å². The summed E-state index contributed by atoms with van der Waals surface area (Å²) in [6.07, 6.45) is 8.44. The van der Waals surface area contributed by atoms with E-state index in [-0.39, 0.29) is 23.4 Å². The number of nitrogens with zero attached hydrogens (tertiary/aromatic N) is 2. The first kappa shape index (κ1) is 20.8. The molecule has 0 radical (unpaired) electrons. The lowest BCUT2D eigenvalue weighted by atomic mass is 10.0. The molecule has 2 heterocycles. The second-order valence-corrected chi connectivity index (χ2v) is 7.76. The fourth-order valence-corrected chi connectivity index (χ4v) is 3.94. The molecular weight excluding hydrogens is 397 g/mol. The van der Waals surface area contributed by atoms with Gasteiger partial charge in [0.2, 0.25) is 5.91 Å². The van der Waals surface area contributed by atoms with E-state index in [0.717, 1.165) is 25.7 Å². The largest absolute Gasteiger partial charge is 0.459 e. The van der Waals surface area contributed by atoms with Gasteiger partial charge < -0.3 is 9.73 Å². The Kier molecular flexibility index (Phi) is 6.11. The number of aromatic nitrogens is 1. The monoisotopic (exact) mass is 421 g/mol. The summed E-state index contributed by atoms with van der Waals surface area (Å²) in [5.74, 6) is -1.27. The summed E-state index contributed by atoms with van der Waals surface area (Å²) in [6, 6.07) is 10.1. The van der Waals surface area contributed by atoms with Crippen LogP contribution in [-0.4, -0.2) is 22.8 Å². The van der Waals surface area contributed by atoms with Gasteiger partial charge in [0, 0.05) is 29.7 Å². The molecule has 7 heteroatoms. The average molecular weight is 421 g/mol. The summed E-state index contributed by atoms with van der Waals surface area (Å²) in [6.45, 7) is 1.64. The Morgan fingerprint density at radius 2 is 2.00 bits per heavy atom. The van der Waals surface area contributed by atoms with E-state index in [0.29, 0.717) is 11.1 Å². The maximum absolute atomic E-state index is 14.5. The minimum atomic E-state index is -1.03. The number of furan rings is 1. The molecule has 6 nitrogen and oxygen atoms in total. The SMILES string of the molecule is Cc1ccc(N(C(=O)c2ccco2)[C@H](C(=O)NC2CCCC2)c2cccnc2)cc1F. The van der Waals surface area contributed by atoms with Crippen molar-refractivity contribution in [1.82, 2.24) is 10.3 Å². The standard InChI is InChI=1S/C24H24FN3O3/c1-16-10-11-19(14-20(16)25)28(24(30)21-9-5-13-31-21)22(17-6-4-12-26-15-17)23(29)27-18-7-2-3-8-18/h4-6,9-15,18,22H,2-3,7-8H2,1H3,(H,27,29)/t22-/m0/s1. The fourth-order valence-electron chi connectivity index (χ4n) is 3.94. The quantitative estimate of drug-likeness (QED) is 0.633. The number of amides is 2. The lowest BCUT2D eigenvalue weighted by Crippen LogP contribution is -2.46. The average Bonchev–Trinajstić information content (AvgIpc) is 3.48. The van der Waals surface area contributed by atoms with Crippen molar-refractivity contribution < 1.29 is 18.4 Å². The molecule has 160 valence electrons. The zero-order valence-electron chi connectivity index (χ0n) is 17.3. The molecule has 31 heavy (non-hydrogen) atoms. The third-order valence-corrected chi connectivity index (χ3v) is 5.59. The number of nitrogens with one attached hydrogen (secondary N) is 1. The molecule has 1 saturated carbocycles. The lowest BCUT2D eigenvalue weighted by Gasteiger charge is -2.31. The Morgan fingerprint density at radius 1 is 1.19 bits per heavy atom. The molecular formula is C24H24FN3O3. The molecule has 0 bridgehead atoms. The number of carbonyl (C=O) groups is 2. The lowest BCUT2D eigenvalue weighted by molar-refractivity contribution is -0.123. The molecule has 1 aromatic carbocycles. The number of aryl methyl sites for hydroxylation is 1. The maximum Gasteiger partial charge on any atom is 0.294 e. The van der Waals surface area contributed by atoms with Crippen molar-refractivity contribution in [3.63, 3.8) is 0 Å². The van der Waals surface area contributed by atoms with Crippen LogP contribution in [0.25, 0.3) is 0 Å². The highest BCUT2D eigenvalue weighted by Crippen LogP contribution is 2.31. The zero-order chi connectivity index (χ0) is 21.8. The van der Waals surface area contributed by atoms with Gasteiger partial charge in [0.1, 0.15) is 11.9 Å². The van der Waals surface area contributed by atoms with Crippen LogP contribution in [0.3, 0.4) is 0 Å². The van der Waals surface area contributed by atoms with Gasteiger partial charge in [-0.1, -0.05) is 25.0 Å². The predicted octanol–water partition coefficient (Wildman–Crippen LogP) is 4.57.